The van der Waals surface area contributed by atoms with E-state index in [9.17, 15) is 9.18 Å². The van der Waals surface area contributed by atoms with Crippen molar-refractivity contribution in [3.8, 4) is 0 Å². The van der Waals surface area contributed by atoms with Crippen LogP contribution < -0.4 is 16.0 Å². The Bertz CT molecular complexity index is 559. The highest BCUT2D eigenvalue weighted by molar-refractivity contribution is 5.85. The van der Waals surface area contributed by atoms with E-state index in [1.807, 2.05) is 19.9 Å². The van der Waals surface area contributed by atoms with Crippen molar-refractivity contribution in [3.05, 3.63) is 29.6 Å². The summed E-state index contributed by atoms with van der Waals surface area (Å²) in [5, 5.41) is 3.09. The topological polar surface area (TPSA) is 58.4 Å². The molecule has 23 heavy (non-hydrogen) atoms. The second kappa shape index (κ2) is 7.30. The first kappa shape index (κ1) is 17.7. The number of hydrogen-bond donors (Lipinski definition) is 2. The van der Waals surface area contributed by atoms with Crippen LogP contribution in [0.3, 0.4) is 0 Å². The number of rotatable bonds is 5. The van der Waals surface area contributed by atoms with Gasteiger partial charge >= 0.3 is 0 Å². The van der Waals surface area contributed by atoms with Crippen molar-refractivity contribution in [2.75, 3.05) is 18.0 Å². The zero-order chi connectivity index (χ0) is 17.0. The molecule has 0 spiro atoms. The molecule has 1 aliphatic heterocycles. The molecule has 3 N–H and O–H groups in total. The van der Waals surface area contributed by atoms with Crippen molar-refractivity contribution in [3.63, 3.8) is 0 Å². The Morgan fingerprint density at radius 1 is 1.52 bits per heavy atom. The number of hydrogen-bond acceptors (Lipinski definition) is 3. The van der Waals surface area contributed by atoms with Gasteiger partial charge in [-0.25, -0.2) is 4.39 Å². The number of amides is 1. The molecule has 128 valence electrons. The first-order chi connectivity index (χ1) is 10.8. The Labute approximate surface area is 138 Å². The van der Waals surface area contributed by atoms with Gasteiger partial charge in [-0.1, -0.05) is 13.3 Å². The quantitative estimate of drug-likeness (QED) is 0.877. The summed E-state index contributed by atoms with van der Waals surface area (Å²) in [6, 6.07) is 4.94. The number of benzene rings is 1. The van der Waals surface area contributed by atoms with Crippen LogP contribution in [0.1, 0.15) is 45.1 Å². The van der Waals surface area contributed by atoms with Crippen LogP contribution >= 0.6 is 0 Å². The molecule has 2 rings (SSSR count). The van der Waals surface area contributed by atoms with E-state index in [0.29, 0.717) is 6.42 Å². The number of nitrogens with zero attached hydrogens (tertiary/aromatic N) is 1. The molecule has 4 nitrogen and oxygen atoms in total. The number of nitrogens with two attached hydrogens (primary N) is 1. The fourth-order valence-electron chi connectivity index (χ4n) is 3.27. The lowest BCUT2D eigenvalue weighted by Gasteiger charge is -2.37. The van der Waals surface area contributed by atoms with E-state index in [1.54, 1.807) is 13.0 Å². The molecule has 1 fully saturated rings. The van der Waals surface area contributed by atoms with E-state index in [1.165, 1.54) is 6.07 Å². The summed E-state index contributed by atoms with van der Waals surface area (Å²) < 4.78 is 13.3. The van der Waals surface area contributed by atoms with Crippen molar-refractivity contribution in [1.29, 1.82) is 0 Å². The minimum absolute atomic E-state index is 0.0815. The van der Waals surface area contributed by atoms with E-state index in [4.69, 9.17) is 5.73 Å². The predicted octanol–water partition coefficient (Wildman–Crippen LogP) is 2.74. The fourth-order valence-corrected chi connectivity index (χ4v) is 3.27. The van der Waals surface area contributed by atoms with Gasteiger partial charge in [-0.15, -0.1) is 0 Å². The van der Waals surface area contributed by atoms with Crippen LogP contribution in [-0.2, 0) is 4.79 Å². The molecule has 0 aromatic heterocycles. The predicted molar refractivity (Wildman–Crippen MR) is 92.0 cm³/mol. The molecular formula is C18H28FN3O. The molecule has 0 saturated carbocycles. The van der Waals surface area contributed by atoms with E-state index < -0.39 is 5.54 Å². The highest BCUT2D eigenvalue weighted by Gasteiger charge is 2.30. The van der Waals surface area contributed by atoms with Crippen LogP contribution in [0, 0.1) is 12.7 Å². The summed E-state index contributed by atoms with van der Waals surface area (Å²) >= 11 is 0. The highest BCUT2D eigenvalue weighted by atomic mass is 19.1. The molecule has 0 radical (unpaired) electrons. The van der Waals surface area contributed by atoms with Gasteiger partial charge in [-0.05, 0) is 56.9 Å². The zero-order valence-electron chi connectivity index (χ0n) is 14.4. The molecule has 1 heterocycles. The number of nitrogens with one attached hydrogen (secondary N) is 1. The summed E-state index contributed by atoms with van der Waals surface area (Å²) in [5.74, 6) is -0.298. The molecule has 1 saturated heterocycles. The minimum Gasteiger partial charge on any atom is -0.369 e. The Hall–Kier alpha value is -1.62. The number of piperidine rings is 1. The molecule has 1 aliphatic rings. The monoisotopic (exact) mass is 321 g/mol. The van der Waals surface area contributed by atoms with Gasteiger partial charge in [0.15, 0.2) is 0 Å². The SMILES string of the molecule is CCCC(C)(N)C(=O)NC1CCCN(c2ccc(F)cc2C)C1. The summed E-state index contributed by atoms with van der Waals surface area (Å²) in [4.78, 5) is 14.6. The van der Waals surface area contributed by atoms with Crippen molar-refractivity contribution >= 4 is 11.6 Å². The Balaban J connectivity index is 2.02. The molecular weight excluding hydrogens is 293 g/mol. The van der Waals surface area contributed by atoms with Crippen LogP contribution in [0.25, 0.3) is 0 Å². The summed E-state index contributed by atoms with van der Waals surface area (Å²) in [6.45, 7) is 7.39. The van der Waals surface area contributed by atoms with E-state index >= 15 is 0 Å². The maximum Gasteiger partial charge on any atom is 0.240 e. The molecule has 1 aromatic rings. The van der Waals surface area contributed by atoms with Crippen LogP contribution in [0.5, 0.6) is 0 Å². The minimum atomic E-state index is -0.817. The number of halogens is 1. The average molecular weight is 321 g/mol. The second-order valence-electron chi connectivity index (χ2n) is 6.86. The van der Waals surface area contributed by atoms with Gasteiger partial charge in [0.25, 0.3) is 0 Å². The number of carbonyl (C=O) groups excluding carboxylic acids is 1. The second-order valence-corrected chi connectivity index (χ2v) is 6.86. The smallest absolute Gasteiger partial charge is 0.240 e. The van der Waals surface area contributed by atoms with Gasteiger partial charge in [0.05, 0.1) is 5.54 Å². The lowest BCUT2D eigenvalue weighted by Crippen LogP contribution is -2.57. The van der Waals surface area contributed by atoms with Gasteiger partial charge in [-0.3, -0.25) is 4.79 Å². The number of anilines is 1. The van der Waals surface area contributed by atoms with Crippen molar-refractivity contribution in [1.82, 2.24) is 5.32 Å². The van der Waals surface area contributed by atoms with Gasteiger partial charge in [0, 0.05) is 24.8 Å². The normalized spacial score (nSPS) is 20.9. The van der Waals surface area contributed by atoms with Crippen LogP contribution in [0.15, 0.2) is 18.2 Å². The van der Waals surface area contributed by atoms with Crippen LogP contribution in [-0.4, -0.2) is 30.6 Å². The van der Waals surface area contributed by atoms with E-state index in [0.717, 1.165) is 43.6 Å². The van der Waals surface area contributed by atoms with E-state index in [2.05, 4.69) is 10.2 Å². The molecule has 0 aliphatic carbocycles. The maximum absolute atomic E-state index is 13.3. The highest BCUT2D eigenvalue weighted by Crippen LogP contribution is 2.24. The van der Waals surface area contributed by atoms with Crippen LogP contribution in [0.2, 0.25) is 0 Å². The third-order valence-corrected chi connectivity index (χ3v) is 4.54. The molecule has 2 atom stereocenters. The molecule has 2 unspecified atom stereocenters. The summed E-state index contributed by atoms with van der Waals surface area (Å²) in [7, 11) is 0. The lowest BCUT2D eigenvalue weighted by molar-refractivity contribution is -0.126. The lowest BCUT2D eigenvalue weighted by atomic mass is 9.95. The molecule has 0 bridgehead atoms. The van der Waals surface area contributed by atoms with Gasteiger partial charge in [0.2, 0.25) is 5.91 Å². The largest absolute Gasteiger partial charge is 0.369 e. The van der Waals surface area contributed by atoms with Crippen molar-refractivity contribution in [2.24, 2.45) is 5.73 Å². The molecule has 1 aromatic carbocycles. The zero-order valence-corrected chi connectivity index (χ0v) is 14.4. The summed E-state index contributed by atoms with van der Waals surface area (Å²) in [5.41, 5.74) is 7.25. The first-order valence-corrected chi connectivity index (χ1v) is 8.44. The Morgan fingerprint density at radius 2 is 2.26 bits per heavy atom. The third-order valence-electron chi connectivity index (χ3n) is 4.54. The Morgan fingerprint density at radius 3 is 2.91 bits per heavy atom. The average Bonchev–Trinajstić information content (AvgIpc) is 2.47. The van der Waals surface area contributed by atoms with Crippen molar-refractivity contribution in [2.45, 2.75) is 58.0 Å². The van der Waals surface area contributed by atoms with Crippen molar-refractivity contribution < 1.29 is 9.18 Å². The standard InChI is InChI=1S/C18H28FN3O/c1-4-9-18(3,20)17(23)21-15-6-5-10-22(12-15)16-8-7-14(19)11-13(16)2/h7-8,11,15H,4-6,9-10,12,20H2,1-3H3,(H,21,23). The summed E-state index contributed by atoms with van der Waals surface area (Å²) in [6.07, 6.45) is 3.50. The van der Waals surface area contributed by atoms with E-state index in [-0.39, 0.29) is 17.8 Å². The maximum atomic E-state index is 13.3. The molecule has 5 heteroatoms. The van der Waals surface area contributed by atoms with Gasteiger partial charge in [-0.2, -0.15) is 0 Å². The molecule has 1 amide bonds. The number of aryl methyl sites for hydroxylation is 1. The van der Waals surface area contributed by atoms with Gasteiger partial charge < -0.3 is 16.0 Å². The van der Waals surface area contributed by atoms with Crippen LogP contribution in [0.4, 0.5) is 10.1 Å². The number of carbonyl (C=O) groups is 1. The first-order valence-electron chi connectivity index (χ1n) is 8.44. The van der Waals surface area contributed by atoms with Gasteiger partial charge in [0.1, 0.15) is 5.82 Å². The third kappa shape index (κ3) is 4.44. The fraction of sp³-hybridized carbons (Fsp3) is 0.611. The Kier molecular flexibility index (Phi) is 5.63.